The van der Waals surface area contributed by atoms with Gasteiger partial charge < -0.3 is 17.1 Å². The minimum Gasteiger partial charge on any atom is -1.00 e. The molecular weight excluding hydrogens is 272 g/mol. The van der Waals surface area contributed by atoms with Crippen molar-refractivity contribution in [3.63, 3.8) is 0 Å². The van der Waals surface area contributed by atoms with Gasteiger partial charge in [0.05, 0.1) is 24.1 Å². The Kier molecular flexibility index (Phi) is 4.26. The summed E-state index contributed by atoms with van der Waals surface area (Å²) in [6, 6.07) is 18.1. The molecular formula is C17H15ClO2. The summed E-state index contributed by atoms with van der Waals surface area (Å²) in [6.45, 7) is 2.09. The molecule has 0 fully saturated rings. The first-order valence-electron chi connectivity index (χ1n) is 6.25. The van der Waals surface area contributed by atoms with Gasteiger partial charge in [-0.05, 0) is 36.8 Å². The van der Waals surface area contributed by atoms with Gasteiger partial charge in [0.25, 0.3) is 0 Å². The third-order valence-electron chi connectivity index (χ3n) is 3.24. The summed E-state index contributed by atoms with van der Waals surface area (Å²) < 4.78 is 11.2. The second-order valence-electron chi connectivity index (χ2n) is 4.52. The number of aryl methyl sites for hydroxylation is 1. The highest BCUT2D eigenvalue weighted by atomic mass is 35.5. The molecule has 1 aromatic heterocycles. The van der Waals surface area contributed by atoms with E-state index in [0.717, 1.165) is 28.0 Å². The Balaban J connectivity index is 0.00000147. The average molecular weight is 287 g/mol. The SMILES string of the molecule is COc1ccc2c(C)cc(-c3ccccc3)[o+]c2c1.[Cl-]. The minimum absolute atomic E-state index is 0. The molecule has 0 amide bonds. The van der Waals surface area contributed by atoms with Crippen molar-refractivity contribution < 1.29 is 21.6 Å². The number of methoxy groups -OCH3 is 1. The molecule has 20 heavy (non-hydrogen) atoms. The number of ether oxygens (including phenoxy) is 1. The van der Waals surface area contributed by atoms with Gasteiger partial charge in [-0.3, -0.25) is 0 Å². The Morgan fingerprint density at radius 2 is 1.70 bits per heavy atom. The first-order chi connectivity index (χ1) is 9.28. The lowest BCUT2D eigenvalue weighted by Crippen LogP contribution is -3.00. The van der Waals surface area contributed by atoms with Crippen LogP contribution in [0, 0.1) is 6.92 Å². The molecule has 2 nitrogen and oxygen atoms in total. The molecule has 0 atom stereocenters. The average Bonchev–Trinajstić information content (AvgIpc) is 2.47. The molecule has 0 aliphatic carbocycles. The van der Waals surface area contributed by atoms with E-state index < -0.39 is 0 Å². The van der Waals surface area contributed by atoms with E-state index in [-0.39, 0.29) is 12.4 Å². The predicted octanol–water partition coefficient (Wildman–Crippen LogP) is 1.70. The topological polar surface area (TPSA) is 20.5 Å². The van der Waals surface area contributed by atoms with Crippen molar-refractivity contribution in [1.82, 2.24) is 0 Å². The number of halogens is 1. The van der Waals surface area contributed by atoms with Crippen LogP contribution in [0.4, 0.5) is 0 Å². The highest BCUT2D eigenvalue weighted by molar-refractivity contribution is 5.83. The summed E-state index contributed by atoms with van der Waals surface area (Å²) in [5, 5.41) is 1.11. The van der Waals surface area contributed by atoms with Gasteiger partial charge in [-0.2, -0.15) is 0 Å². The standard InChI is InChI=1S/C17H15O2.ClH/c1-12-10-16(13-6-4-3-5-7-13)19-17-11-14(18-2)8-9-15(12)17;/h3-11H,1-2H3;1H/q+1;/p-1. The van der Waals surface area contributed by atoms with Crippen LogP contribution >= 0.6 is 0 Å². The van der Waals surface area contributed by atoms with Crippen molar-refractivity contribution in [2.45, 2.75) is 6.92 Å². The van der Waals surface area contributed by atoms with Gasteiger partial charge in [0.15, 0.2) is 0 Å². The number of rotatable bonds is 2. The van der Waals surface area contributed by atoms with Gasteiger partial charge in [-0.25, -0.2) is 4.42 Å². The zero-order chi connectivity index (χ0) is 13.2. The Hall–Kier alpha value is -2.06. The molecule has 0 unspecified atom stereocenters. The van der Waals surface area contributed by atoms with Gasteiger partial charge >= 0.3 is 11.3 Å². The lowest BCUT2D eigenvalue weighted by molar-refractivity contribution is -0.00000465. The van der Waals surface area contributed by atoms with Crippen molar-refractivity contribution >= 4 is 11.0 Å². The third-order valence-corrected chi connectivity index (χ3v) is 3.24. The first kappa shape index (κ1) is 14.4. The Bertz CT molecular complexity index is 724. The first-order valence-corrected chi connectivity index (χ1v) is 6.25. The van der Waals surface area contributed by atoms with Crippen LogP contribution < -0.4 is 17.1 Å². The van der Waals surface area contributed by atoms with E-state index in [2.05, 4.69) is 13.0 Å². The van der Waals surface area contributed by atoms with E-state index in [0.29, 0.717) is 0 Å². The molecule has 0 radical (unpaired) electrons. The Morgan fingerprint density at radius 3 is 2.40 bits per heavy atom. The number of fused-ring (bicyclic) bond motifs is 1. The van der Waals surface area contributed by atoms with Crippen LogP contribution in [-0.4, -0.2) is 7.11 Å². The molecule has 3 rings (SSSR count). The molecule has 1 heterocycles. The third kappa shape index (κ3) is 2.61. The van der Waals surface area contributed by atoms with Gasteiger partial charge in [-0.15, -0.1) is 0 Å². The molecule has 0 aliphatic rings. The highest BCUT2D eigenvalue weighted by Gasteiger charge is 2.17. The van der Waals surface area contributed by atoms with Crippen molar-refractivity contribution in [3.05, 3.63) is 60.2 Å². The summed E-state index contributed by atoms with van der Waals surface area (Å²) in [6.07, 6.45) is 0. The zero-order valence-electron chi connectivity index (χ0n) is 11.4. The molecule has 0 N–H and O–H groups in total. The number of hydrogen-bond acceptors (Lipinski definition) is 1. The Labute approximate surface area is 124 Å². The van der Waals surface area contributed by atoms with Crippen LogP contribution in [-0.2, 0) is 0 Å². The van der Waals surface area contributed by atoms with Crippen molar-refractivity contribution in [3.8, 4) is 17.1 Å². The quantitative estimate of drug-likeness (QED) is 0.669. The van der Waals surface area contributed by atoms with E-state index in [1.54, 1.807) is 7.11 Å². The van der Waals surface area contributed by atoms with Gasteiger partial charge in [0.1, 0.15) is 5.75 Å². The molecule has 0 saturated carbocycles. The number of benzene rings is 2. The largest absolute Gasteiger partial charge is 1.00 e. The normalized spacial score (nSPS) is 10.1. The summed E-state index contributed by atoms with van der Waals surface area (Å²) in [5.41, 5.74) is 3.12. The van der Waals surface area contributed by atoms with E-state index in [1.165, 1.54) is 5.56 Å². The molecule has 3 heteroatoms. The van der Waals surface area contributed by atoms with E-state index in [4.69, 9.17) is 9.15 Å². The lowest BCUT2D eigenvalue weighted by atomic mass is 10.1. The molecule has 0 aliphatic heterocycles. The fourth-order valence-corrected chi connectivity index (χ4v) is 2.21. The van der Waals surface area contributed by atoms with Crippen molar-refractivity contribution in [1.29, 1.82) is 0 Å². The smallest absolute Gasteiger partial charge is 0.364 e. The second-order valence-corrected chi connectivity index (χ2v) is 4.52. The molecule has 3 aromatic rings. The second kappa shape index (κ2) is 5.93. The lowest BCUT2D eigenvalue weighted by Gasteiger charge is -2.00. The summed E-state index contributed by atoms with van der Waals surface area (Å²) in [4.78, 5) is 0. The fourth-order valence-electron chi connectivity index (χ4n) is 2.21. The van der Waals surface area contributed by atoms with Gasteiger partial charge in [0, 0.05) is 6.07 Å². The summed E-state index contributed by atoms with van der Waals surface area (Å²) >= 11 is 0. The molecule has 0 bridgehead atoms. The van der Waals surface area contributed by atoms with Crippen LogP contribution in [0.2, 0.25) is 0 Å². The van der Waals surface area contributed by atoms with Crippen LogP contribution in [0.3, 0.4) is 0 Å². The zero-order valence-corrected chi connectivity index (χ0v) is 12.1. The van der Waals surface area contributed by atoms with Crippen molar-refractivity contribution in [2.75, 3.05) is 7.11 Å². The molecule has 102 valence electrons. The van der Waals surface area contributed by atoms with Crippen LogP contribution in [0.5, 0.6) is 5.75 Å². The monoisotopic (exact) mass is 286 g/mol. The summed E-state index contributed by atoms with van der Waals surface area (Å²) in [7, 11) is 1.66. The van der Waals surface area contributed by atoms with E-state index in [9.17, 15) is 0 Å². The fraction of sp³-hybridized carbons (Fsp3) is 0.118. The molecule has 0 saturated heterocycles. The van der Waals surface area contributed by atoms with Crippen molar-refractivity contribution in [2.24, 2.45) is 0 Å². The van der Waals surface area contributed by atoms with Gasteiger partial charge in [-0.1, -0.05) is 18.2 Å². The minimum atomic E-state index is 0. The van der Waals surface area contributed by atoms with Crippen LogP contribution in [0.15, 0.2) is 59.0 Å². The number of hydrogen-bond donors (Lipinski definition) is 0. The summed E-state index contributed by atoms with van der Waals surface area (Å²) in [5.74, 6) is 1.68. The van der Waals surface area contributed by atoms with E-state index in [1.807, 2.05) is 48.5 Å². The maximum Gasteiger partial charge on any atom is 0.364 e. The molecule has 0 spiro atoms. The highest BCUT2D eigenvalue weighted by Crippen LogP contribution is 2.29. The maximum absolute atomic E-state index is 5.99. The molecule has 2 aromatic carbocycles. The van der Waals surface area contributed by atoms with Crippen LogP contribution in [0.1, 0.15) is 5.56 Å². The maximum atomic E-state index is 5.99. The predicted molar refractivity (Wildman–Crippen MR) is 77.3 cm³/mol. The van der Waals surface area contributed by atoms with Gasteiger partial charge in [0.2, 0.25) is 0 Å². The van der Waals surface area contributed by atoms with Crippen LogP contribution in [0.25, 0.3) is 22.3 Å². The van der Waals surface area contributed by atoms with E-state index >= 15 is 0 Å². The Morgan fingerprint density at radius 1 is 0.950 bits per heavy atom.